The highest BCUT2D eigenvalue weighted by Crippen LogP contribution is 2.24. The Morgan fingerprint density at radius 3 is 2.76 bits per heavy atom. The lowest BCUT2D eigenvalue weighted by molar-refractivity contribution is 0.0739. The Balaban J connectivity index is 0.00000300. The number of aryl methyl sites for hydroxylation is 1. The summed E-state index contributed by atoms with van der Waals surface area (Å²) in [5.74, 6) is 1.71. The van der Waals surface area contributed by atoms with Gasteiger partial charge in [0.05, 0.1) is 5.69 Å². The minimum absolute atomic E-state index is 0. The zero-order valence-electron chi connectivity index (χ0n) is 19.2. The molecule has 0 amide bonds. The predicted molar refractivity (Wildman–Crippen MR) is 132 cm³/mol. The number of aromatic nitrogens is 2. The van der Waals surface area contributed by atoms with Gasteiger partial charge in [-0.1, -0.05) is 6.92 Å². The minimum atomic E-state index is 0. The van der Waals surface area contributed by atoms with Crippen LogP contribution < -0.4 is 10.6 Å². The van der Waals surface area contributed by atoms with Crippen LogP contribution in [-0.4, -0.2) is 58.9 Å². The lowest BCUT2D eigenvalue weighted by atomic mass is 9.93. The van der Waals surface area contributed by atoms with Crippen molar-refractivity contribution in [1.29, 1.82) is 0 Å². The summed E-state index contributed by atoms with van der Waals surface area (Å²) in [4.78, 5) is 7.12. The minimum Gasteiger partial charge on any atom is -0.355 e. The van der Waals surface area contributed by atoms with Gasteiger partial charge in [0.2, 0.25) is 0 Å². The number of nitrogens with one attached hydrogen (secondary N) is 2. The highest BCUT2D eigenvalue weighted by atomic mass is 127. The van der Waals surface area contributed by atoms with Crippen LogP contribution in [0.15, 0.2) is 11.2 Å². The molecule has 6 nitrogen and oxygen atoms in total. The monoisotopic (exact) mass is 516 g/mol. The van der Waals surface area contributed by atoms with Crippen molar-refractivity contribution >= 4 is 29.9 Å². The van der Waals surface area contributed by atoms with Crippen LogP contribution in [-0.2, 0) is 12.8 Å². The third-order valence-electron chi connectivity index (χ3n) is 6.39. The highest BCUT2D eigenvalue weighted by Gasteiger charge is 2.30. The Morgan fingerprint density at radius 1 is 1.34 bits per heavy atom. The SMILES string of the molecule is CN=C(NCC(C)(C)N1CCCC(C)C1)NC1CCc2cn(C(C)C)nc2C1.I. The maximum Gasteiger partial charge on any atom is 0.191 e. The van der Waals surface area contributed by atoms with Crippen molar-refractivity contribution in [2.75, 3.05) is 26.7 Å². The lowest BCUT2D eigenvalue weighted by Gasteiger charge is -2.43. The molecule has 166 valence electrons. The van der Waals surface area contributed by atoms with E-state index in [0.29, 0.717) is 12.1 Å². The quantitative estimate of drug-likeness (QED) is 0.357. The van der Waals surface area contributed by atoms with E-state index in [9.17, 15) is 0 Å². The number of piperidine rings is 1. The fourth-order valence-electron chi connectivity index (χ4n) is 4.44. The molecule has 7 heteroatoms. The van der Waals surface area contributed by atoms with Gasteiger partial charge >= 0.3 is 0 Å². The van der Waals surface area contributed by atoms with E-state index in [-0.39, 0.29) is 29.5 Å². The molecule has 1 fully saturated rings. The van der Waals surface area contributed by atoms with E-state index in [4.69, 9.17) is 5.10 Å². The Hall–Kier alpha value is -0.830. The number of aliphatic imine (C=N–C) groups is 1. The molecule has 1 aliphatic carbocycles. The first kappa shape index (κ1) is 24.4. The summed E-state index contributed by atoms with van der Waals surface area (Å²) in [5.41, 5.74) is 2.79. The molecule has 1 aromatic heterocycles. The Bertz CT molecular complexity index is 681. The maximum atomic E-state index is 4.80. The summed E-state index contributed by atoms with van der Waals surface area (Å²) in [6.45, 7) is 14.7. The fourth-order valence-corrected chi connectivity index (χ4v) is 4.44. The standard InChI is InChI=1S/C22H40N6.HI/c1-16(2)28-14-18-9-10-19(12-20(18)26-28)25-21(23-6)24-15-22(4,5)27-11-7-8-17(3)13-27;/h14,16-17,19H,7-13,15H2,1-6H3,(H2,23,24,25);1H. The van der Waals surface area contributed by atoms with E-state index >= 15 is 0 Å². The van der Waals surface area contributed by atoms with Crippen LogP contribution in [0.1, 0.15) is 71.2 Å². The number of halogens is 1. The molecule has 29 heavy (non-hydrogen) atoms. The van der Waals surface area contributed by atoms with Crippen LogP contribution in [0, 0.1) is 5.92 Å². The highest BCUT2D eigenvalue weighted by molar-refractivity contribution is 14.0. The summed E-state index contributed by atoms with van der Waals surface area (Å²) in [7, 11) is 1.87. The van der Waals surface area contributed by atoms with Crippen molar-refractivity contribution in [2.24, 2.45) is 10.9 Å². The van der Waals surface area contributed by atoms with Gasteiger partial charge in [0.15, 0.2) is 5.96 Å². The van der Waals surface area contributed by atoms with Crippen molar-refractivity contribution in [3.63, 3.8) is 0 Å². The summed E-state index contributed by atoms with van der Waals surface area (Å²) < 4.78 is 2.10. The van der Waals surface area contributed by atoms with Crippen LogP contribution >= 0.6 is 24.0 Å². The molecule has 0 bridgehead atoms. The molecule has 2 atom stereocenters. The molecule has 0 spiro atoms. The second-order valence-electron chi connectivity index (χ2n) is 9.69. The molecule has 0 radical (unpaired) electrons. The normalized spacial score (nSPS) is 23.5. The third-order valence-corrected chi connectivity index (χ3v) is 6.39. The number of fused-ring (bicyclic) bond motifs is 1. The van der Waals surface area contributed by atoms with Crippen LogP contribution in [0.5, 0.6) is 0 Å². The molecule has 3 rings (SSSR count). The van der Waals surface area contributed by atoms with Crippen molar-refractivity contribution in [3.8, 4) is 0 Å². The van der Waals surface area contributed by atoms with Crippen LogP contribution in [0.2, 0.25) is 0 Å². The van der Waals surface area contributed by atoms with Crippen molar-refractivity contribution in [1.82, 2.24) is 25.3 Å². The van der Waals surface area contributed by atoms with Crippen LogP contribution in [0.4, 0.5) is 0 Å². The van der Waals surface area contributed by atoms with Crippen molar-refractivity contribution in [2.45, 2.75) is 84.3 Å². The van der Waals surface area contributed by atoms with Crippen LogP contribution in [0.25, 0.3) is 0 Å². The molecule has 2 N–H and O–H groups in total. The predicted octanol–water partition coefficient (Wildman–Crippen LogP) is 3.61. The maximum absolute atomic E-state index is 4.80. The molecular weight excluding hydrogens is 475 g/mol. The molecule has 2 heterocycles. The zero-order valence-corrected chi connectivity index (χ0v) is 21.5. The second kappa shape index (κ2) is 10.5. The van der Waals surface area contributed by atoms with Gasteiger partial charge in [-0.05, 0) is 71.4 Å². The number of hydrogen-bond acceptors (Lipinski definition) is 3. The lowest BCUT2D eigenvalue weighted by Crippen LogP contribution is -2.56. The van der Waals surface area contributed by atoms with Gasteiger partial charge in [0.1, 0.15) is 0 Å². The second-order valence-corrected chi connectivity index (χ2v) is 9.69. The molecule has 2 unspecified atom stereocenters. The van der Waals surface area contributed by atoms with Crippen molar-refractivity contribution in [3.05, 3.63) is 17.5 Å². The smallest absolute Gasteiger partial charge is 0.191 e. The van der Waals surface area contributed by atoms with Crippen molar-refractivity contribution < 1.29 is 0 Å². The first-order chi connectivity index (χ1) is 13.3. The van der Waals surface area contributed by atoms with Gasteiger partial charge in [-0.2, -0.15) is 5.10 Å². The molecule has 0 saturated carbocycles. The number of likely N-dealkylation sites (tertiary alicyclic amines) is 1. The topological polar surface area (TPSA) is 57.5 Å². The molecule has 1 aliphatic heterocycles. The first-order valence-electron chi connectivity index (χ1n) is 11.1. The summed E-state index contributed by atoms with van der Waals surface area (Å²) >= 11 is 0. The van der Waals surface area contributed by atoms with Gasteiger partial charge in [-0.15, -0.1) is 24.0 Å². The van der Waals surface area contributed by atoms with Crippen LogP contribution in [0.3, 0.4) is 0 Å². The van der Waals surface area contributed by atoms with Gasteiger partial charge in [0.25, 0.3) is 0 Å². The number of rotatable bonds is 5. The molecule has 0 aromatic carbocycles. The average molecular weight is 517 g/mol. The van der Waals surface area contributed by atoms with Gasteiger partial charge in [-0.3, -0.25) is 14.6 Å². The Morgan fingerprint density at radius 2 is 2.10 bits per heavy atom. The van der Waals surface area contributed by atoms with E-state index in [1.54, 1.807) is 0 Å². The zero-order chi connectivity index (χ0) is 20.3. The molecule has 1 saturated heterocycles. The van der Waals surface area contributed by atoms with Gasteiger partial charge in [0, 0.05) is 50.4 Å². The number of nitrogens with zero attached hydrogens (tertiary/aromatic N) is 4. The molecule has 2 aliphatic rings. The Kier molecular flexibility index (Phi) is 8.82. The summed E-state index contributed by atoms with van der Waals surface area (Å²) in [6, 6.07) is 0.818. The fraction of sp³-hybridized carbons (Fsp3) is 0.818. The van der Waals surface area contributed by atoms with E-state index in [1.165, 1.54) is 37.2 Å². The average Bonchev–Trinajstić information content (AvgIpc) is 3.09. The first-order valence-corrected chi connectivity index (χ1v) is 11.1. The Labute approximate surface area is 194 Å². The van der Waals surface area contributed by atoms with E-state index in [2.05, 4.69) is 66.0 Å². The summed E-state index contributed by atoms with van der Waals surface area (Å²) in [6.07, 6.45) is 8.09. The van der Waals surface area contributed by atoms with Gasteiger partial charge < -0.3 is 10.6 Å². The third kappa shape index (κ3) is 6.32. The molecule has 1 aromatic rings. The summed E-state index contributed by atoms with van der Waals surface area (Å²) in [5, 5.41) is 12.0. The number of guanidine groups is 1. The largest absolute Gasteiger partial charge is 0.355 e. The van der Waals surface area contributed by atoms with Gasteiger partial charge in [-0.25, -0.2) is 0 Å². The van der Waals surface area contributed by atoms with E-state index in [0.717, 1.165) is 37.7 Å². The molecular formula is C22H41IN6. The number of hydrogen-bond donors (Lipinski definition) is 2. The van der Waals surface area contributed by atoms with E-state index < -0.39 is 0 Å². The van der Waals surface area contributed by atoms with E-state index in [1.807, 2.05) is 7.05 Å².